The molecule has 2 amide bonds. The van der Waals surface area contributed by atoms with E-state index in [0.717, 1.165) is 12.0 Å². The van der Waals surface area contributed by atoms with Gasteiger partial charge in [-0.2, -0.15) is 9.78 Å². The van der Waals surface area contributed by atoms with Crippen LogP contribution in [0.15, 0.2) is 42.9 Å². The molecule has 1 fully saturated rings. The van der Waals surface area contributed by atoms with Gasteiger partial charge in [0.15, 0.2) is 5.82 Å². The van der Waals surface area contributed by atoms with Gasteiger partial charge in [0, 0.05) is 32.1 Å². The van der Waals surface area contributed by atoms with Crippen LogP contribution in [0.1, 0.15) is 35.7 Å². The van der Waals surface area contributed by atoms with Crippen LogP contribution in [0.4, 0.5) is 0 Å². The Labute approximate surface area is 167 Å². The molecule has 1 N–H and O–H groups in total. The van der Waals surface area contributed by atoms with Crippen molar-refractivity contribution in [2.45, 2.75) is 32.4 Å². The number of amides is 2. The summed E-state index contributed by atoms with van der Waals surface area (Å²) in [5.74, 6) is 0.269. The smallest absolute Gasteiger partial charge is 0.259 e. The molecule has 0 saturated carbocycles. The highest BCUT2D eigenvalue weighted by molar-refractivity contribution is 5.97. The average molecular weight is 394 g/mol. The van der Waals surface area contributed by atoms with E-state index in [2.05, 4.69) is 25.7 Å². The Morgan fingerprint density at radius 2 is 2.10 bits per heavy atom. The van der Waals surface area contributed by atoms with Crippen molar-refractivity contribution in [2.75, 3.05) is 13.1 Å². The van der Waals surface area contributed by atoms with Crippen molar-refractivity contribution >= 4 is 11.8 Å². The molecule has 3 aromatic rings. The SMILES string of the molecule is CC[C@H]1CN(C(=O)c2cn[nH]c2-n2cnnn2)CCC(=O)N1Cc1ccccc1. The van der Waals surface area contributed by atoms with Crippen molar-refractivity contribution in [1.82, 2.24) is 40.2 Å². The Kier molecular flexibility index (Phi) is 5.32. The lowest BCUT2D eigenvalue weighted by Crippen LogP contribution is -2.43. The summed E-state index contributed by atoms with van der Waals surface area (Å²) in [7, 11) is 0. The Hall–Kier alpha value is -3.56. The van der Waals surface area contributed by atoms with E-state index in [1.807, 2.05) is 42.2 Å². The van der Waals surface area contributed by atoms with E-state index < -0.39 is 0 Å². The number of aromatic amines is 1. The maximum absolute atomic E-state index is 13.2. The predicted octanol–water partition coefficient (Wildman–Crippen LogP) is 1.04. The van der Waals surface area contributed by atoms with E-state index in [1.165, 1.54) is 17.2 Å². The van der Waals surface area contributed by atoms with Gasteiger partial charge in [-0.15, -0.1) is 5.10 Å². The minimum atomic E-state index is -0.197. The van der Waals surface area contributed by atoms with Gasteiger partial charge in [0.1, 0.15) is 11.9 Å². The molecule has 3 heterocycles. The highest BCUT2D eigenvalue weighted by atomic mass is 16.2. The van der Waals surface area contributed by atoms with Crippen LogP contribution in [0.5, 0.6) is 0 Å². The first-order valence-electron chi connectivity index (χ1n) is 9.56. The summed E-state index contributed by atoms with van der Waals surface area (Å²) in [6.45, 7) is 3.41. The number of carbonyl (C=O) groups excluding carboxylic acids is 2. The fraction of sp³-hybridized carbons (Fsp3) is 0.368. The Morgan fingerprint density at radius 3 is 2.83 bits per heavy atom. The molecule has 1 aliphatic heterocycles. The Bertz CT molecular complexity index is 969. The monoisotopic (exact) mass is 394 g/mol. The lowest BCUT2D eigenvalue weighted by molar-refractivity contribution is -0.133. The minimum absolute atomic E-state index is 0.0578. The van der Waals surface area contributed by atoms with Crippen LogP contribution in [-0.4, -0.2) is 71.2 Å². The molecule has 0 bridgehead atoms. The van der Waals surface area contributed by atoms with Crippen molar-refractivity contribution < 1.29 is 9.59 Å². The van der Waals surface area contributed by atoms with Crippen molar-refractivity contribution in [3.63, 3.8) is 0 Å². The number of aromatic nitrogens is 6. The van der Waals surface area contributed by atoms with Gasteiger partial charge in [0.2, 0.25) is 5.91 Å². The van der Waals surface area contributed by atoms with Crippen LogP contribution in [-0.2, 0) is 11.3 Å². The highest BCUT2D eigenvalue weighted by Gasteiger charge is 2.32. The Morgan fingerprint density at radius 1 is 1.28 bits per heavy atom. The molecule has 29 heavy (non-hydrogen) atoms. The number of rotatable bonds is 5. The molecule has 0 unspecified atom stereocenters. The number of carbonyl (C=O) groups is 2. The molecule has 10 nitrogen and oxygen atoms in total. The predicted molar refractivity (Wildman–Crippen MR) is 103 cm³/mol. The maximum atomic E-state index is 13.2. The number of hydrogen-bond donors (Lipinski definition) is 1. The van der Waals surface area contributed by atoms with Gasteiger partial charge in [-0.25, -0.2) is 0 Å². The normalized spacial score (nSPS) is 17.4. The first-order chi connectivity index (χ1) is 14.2. The number of H-pyrrole nitrogens is 1. The first kappa shape index (κ1) is 18.8. The second-order valence-corrected chi connectivity index (χ2v) is 6.96. The van der Waals surface area contributed by atoms with E-state index in [4.69, 9.17) is 0 Å². The number of benzene rings is 1. The number of nitrogens with zero attached hydrogens (tertiary/aromatic N) is 7. The van der Waals surface area contributed by atoms with Crippen molar-refractivity contribution in [3.05, 3.63) is 54.0 Å². The van der Waals surface area contributed by atoms with Gasteiger partial charge in [-0.05, 0) is 22.4 Å². The number of tetrazole rings is 1. The van der Waals surface area contributed by atoms with E-state index in [0.29, 0.717) is 31.0 Å². The van der Waals surface area contributed by atoms with Gasteiger partial charge in [-0.1, -0.05) is 37.3 Å². The molecule has 150 valence electrons. The third kappa shape index (κ3) is 3.86. The first-order valence-corrected chi connectivity index (χ1v) is 9.56. The molecule has 4 rings (SSSR count). The van der Waals surface area contributed by atoms with Gasteiger partial charge in [0.25, 0.3) is 5.91 Å². The van der Waals surface area contributed by atoms with Crippen molar-refractivity contribution in [1.29, 1.82) is 0 Å². The summed E-state index contributed by atoms with van der Waals surface area (Å²) in [5.41, 5.74) is 1.45. The lowest BCUT2D eigenvalue weighted by Gasteiger charge is -2.31. The Balaban J connectivity index is 1.55. The molecular weight excluding hydrogens is 372 g/mol. The van der Waals surface area contributed by atoms with Gasteiger partial charge < -0.3 is 9.80 Å². The van der Waals surface area contributed by atoms with Crippen molar-refractivity contribution in [3.8, 4) is 5.82 Å². The van der Waals surface area contributed by atoms with Crippen LogP contribution >= 0.6 is 0 Å². The van der Waals surface area contributed by atoms with E-state index >= 15 is 0 Å². The van der Waals surface area contributed by atoms with Gasteiger partial charge in [-0.3, -0.25) is 14.7 Å². The van der Waals surface area contributed by atoms with E-state index in [9.17, 15) is 9.59 Å². The molecular formula is C19H22N8O2. The van der Waals surface area contributed by atoms with Crippen LogP contribution in [0, 0.1) is 0 Å². The second kappa shape index (κ2) is 8.21. The molecule has 2 aromatic heterocycles. The minimum Gasteiger partial charge on any atom is -0.336 e. The largest absolute Gasteiger partial charge is 0.336 e. The molecule has 1 atom stereocenters. The molecule has 1 aromatic carbocycles. The van der Waals surface area contributed by atoms with Crippen LogP contribution < -0.4 is 0 Å². The maximum Gasteiger partial charge on any atom is 0.259 e. The third-order valence-corrected chi connectivity index (χ3v) is 5.17. The topological polar surface area (TPSA) is 113 Å². The van der Waals surface area contributed by atoms with Gasteiger partial charge in [0.05, 0.1) is 6.20 Å². The fourth-order valence-electron chi connectivity index (χ4n) is 3.60. The fourth-order valence-corrected chi connectivity index (χ4v) is 3.60. The summed E-state index contributed by atoms with van der Waals surface area (Å²) in [4.78, 5) is 29.7. The van der Waals surface area contributed by atoms with E-state index in [1.54, 1.807) is 4.90 Å². The zero-order valence-corrected chi connectivity index (χ0v) is 16.1. The summed E-state index contributed by atoms with van der Waals surface area (Å²) < 4.78 is 1.36. The average Bonchev–Trinajstić information content (AvgIpc) is 3.41. The third-order valence-electron chi connectivity index (χ3n) is 5.17. The summed E-state index contributed by atoms with van der Waals surface area (Å²) in [5, 5.41) is 17.8. The lowest BCUT2D eigenvalue weighted by atomic mass is 10.1. The van der Waals surface area contributed by atoms with Crippen molar-refractivity contribution in [2.24, 2.45) is 0 Å². The summed E-state index contributed by atoms with van der Waals surface area (Å²) >= 11 is 0. The zero-order valence-electron chi connectivity index (χ0n) is 16.1. The highest BCUT2D eigenvalue weighted by Crippen LogP contribution is 2.20. The van der Waals surface area contributed by atoms with Gasteiger partial charge >= 0.3 is 0 Å². The molecule has 1 saturated heterocycles. The molecule has 10 heteroatoms. The van der Waals surface area contributed by atoms with Crippen LogP contribution in [0.2, 0.25) is 0 Å². The summed E-state index contributed by atoms with van der Waals surface area (Å²) in [6.07, 6.45) is 3.90. The van der Waals surface area contributed by atoms with Crippen LogP contribution in [0.3, 0.4) is 0 Å². The number of hydrogen-bond acceptors (Lipinski definition) is 6. The summed E-state index contributed by atoms with van der Waals surface area (Å²) in [6, 6.07) is 9.85. The number of nitrogens with one attached hydrogen (secondary N) is 1. The zero-order chi connectivity index (χ0) is 20.2. The quantitative estimate of drug-likeness (QED) is 0.692. The molecule has 0 spiro atoms. The molecule has 1 aliphatic rings. The van der Waals surface area contributed by atoms with E-state index in [-0.39, 0.29) is 24.3 Å². The molecule has 0 aliphatic carbocycles. The van der Waals surface area contributed by atoms with Crippen LogP contribution in [0.25, 0.3) is 5.82 Å². The molecule has 0 radical (unpaired) electrons. The second-order valence-electron chi connectivity index (χ2n) is 6.96. The standard InChI is InChI=1S/C19H22N8O2/c1-2-15-12-25(9-8-17(28)26(15)11-14-6-4-3-5-7-14)19(29)16-10-20-22-18(16)27-13-21-23-24-27/h3-7,10,13,15H,2,8-9,11-12H2,1H3,(H,20,22)/t15-/m0/s1.